The summed E-state index contributed by atoms with van der Waals surface area (Å²) in [5.74, 6) is 0.868. The number of hydrogen-bond acceptors (Lipinski definition) is 4. The Labute approximate surface area is 164 Å². The third-order valence-electron chi connectivity index (χ3n) is 6.44. The van der Waals surface area contributed by atoms with E-state index in [4.69, 9.17) is 4.74 Å². The first-order chi connectivity index (χ1) is 13.0. The van der Waals surface area contributed by atoms with Crippen molar-refractivity contribution in [3.63, 3.8) is 0 Å². The highest BCUT2D eigenvalue weighted by Crippen LogP contribution is 2.37. The maximum absolute atomic E-state index is 13.6. The van der Waals surface area contributed by atoms with Crippen LogP contribution in [-0.2, 0) is 14.9 Å². The molecule has 150 valence electrons. The minimum absolute atomic E-state index is 0.303. The highest BCUT2D eigenvalue weighted by atomic mass is 16.5. The molecule has 2 aliphatic rings. The number of piperidine rings is 1. The van der Waals surface area contributed by atoms with Gasteiger partial charge in [0.25, 0.3) is 0 Å². The Bertz CT molecular complexity index is 599. The Morgan fingerprint density at radius 1 is 1.22 bits per heavy atom. The molecule has 2 saturated heterocycles. The van der Waals surface area contributed by atoms with E-state index >= 15 is 0 Å². The summed E-state index contributed by atoms with van der Waals surface area (Å²) in [5.41, 5.74) is 0.819. The number of likely N-dealkylation sites (N-methyl/N-ethyl adjacent to an activating group) is 1. The third kappa shape index (κ3) is 4.71. The van der Waals surface area contributed by atoms with Crippen LogP contribution in [0, 0.1) is 5.92 Å². The normalized spacial score (nSPS) is 23.4. The topological polar surface area (TPSA) is 36.0 Å². The number of ether oxygens (including phenoxy) is 1. The predicted octanol–water partition coefficient (Wildman–Crippen LogP) is 2.08. The number of amides is 1. The third-order valence-corrected chi connectivity index (χ3v) is 6.44. The fourth-order valence-corrected chi connectivity index (χ4v) is 4.70. The van der Waals surface area contributed by atoms with Crippen molar-refractivity contribution < 1.29 is 9.53 Å². The van der Waals surface area contributed by atoms with E-state index in [1.165, 1.54) is 12.0 Å². The van der Waals surface area contributed by atoms with Gasteiger partial charge in [-0.1, -0.05) is 30.3 Å². The average Bonchev–Trinajstić information content (AvgIpc) is 3.14. The van der Waals surface area contributed by atoms with Gasteiger partial charge in [-0.15, -0.1) is 0 Å². The Morgan fingerprint density at radius 2 is 1.93 bits per heavy atom. The van der Waals surface area contributed by atoms with Gasteiger partial charge in [0, 0.05) is 33.8 Å². The van der Waals surface area contributed by atoms with E-state index in [1.54, 1.807) is 7.11 Å². The zero-order chi connectivity index (χ0) is 19.3. The molecule has 3 rings (SSSR count). The van der Waals surface area contributed by atoms with Crippen LogP contribution in [0.15, 0.2) is 30.3 Å². The summed E-state index contributed by atoms with van der Waals surface area (Å²) in [6, 6.07) is 10.4. The van der Waals surface area contributed by atoms with Crippen molar-refractivity contribution in [2.24, 2.45) is 5.92 Å². The molecule has 0 aliphatic carbocycles. The van der Waals surface area contributed by atoms with Gasteiger partial charge in [0.05, 0.1) is 12.0 Å². The van der Waals surface area contributed by atoms with Gasteiger partial charge >= 0.3 is 0 Å². The van der Waals surface area contributed by atoms with Crippen LogP contribution in [-0.4, -0.2) is 87.7 Å². The van der Waals surface area contributed by atoms with Crippen LogP contribution in [0.5, 0.6) is 0 Å². The van der Waals surface area contributed by atoms with Crippen LogP contribution in [0.2, 0.25) is 0 Å². The first kappa shape index (κ1) is 20.3. The van der Waals surface area contributed by atoms with E-state index in [-0.39, 0.29) is 5.41 Å². The van der Waals surface area contributed by atoms with E-state index in [0.717, 1.165) is 58.7 Å². The van der Waals surface area contributed by atoms with Gasteiger partial charge in [0.15, 0.2) is 0 Å². The molecule has 1 amide bonds. The molecule has 1 aromatic rings. The fraction of sp³-hybridized carbons (Fsp3) is 0.682. The van der Waals surface area contributed by atoms with Crippen molar-refractivity contribution in [3.05, 3.63) is 35.9 Å². The number of benzene rings is 1. The molecular formula is C22H35N3O2. The number of rotatable bonds is 7. The van der Waals surface area contributed by atoms with Crippen LogP contribution in [0.3, 0.4) is 0 Å². The largest absolute Gasteiger partial charge is 0.383 e. The second-order valence-corrected chi connectivity index (χ2v) is 8.39. The van der Waals surface area contributed by atoms with Crippen molar-refractivity contribution in [2.45, 2.75) is 24.7 Å². The number of likely N-dealkylation sites (tertiary alicyclic amines) is 2. The number of nitrogens with zero attached hydrogens (tertiary/aromatic N) is 3. The Hall–Kier alpha value is -1.43. The lowest BCUT2D eigenvalue weighted by Gasteiger charge is -2.42. The molecule has 0 spiro atoms. The van der Waals surface area contributed by atoms with Gasteiger partial charge < -0.3 is 19.4 Å². The zero-order valence-electron chi connectivity index (χ0n) is 17.2. The Morgan fingerprint density at radius 3 is 2.59 bits per heavy atom. The maximum Gasteiger partial charge on any atom is 0.233 e. The molecule has 0 N–H and O–H groups in total. The van der Waals surface area contributed by atoms with Crippen LogP contribution in [0.1, 0.15) is 24.8 Å². The van der Waals surface area contributed by atoms with E-state index < -0.39 is 0 Å². The summed E-state index contributed by atoms with van der Waals surface area (Å²) in [7, 11) is 5.91. The molecule has 1 aromatic carbocycles. The van der Waals surface area contributed by atoms with E-state index in [9.17, 15) is 4.79 Å². The standard InChI is InChI=1S/C22H35N3O2/c1-23-13-10-22(11-14-23,20-7-5-4-6-8-20)21(26)24(2)17-19-9-12-25(18-19)15-16-27-3/h4-8,19H,9-18H2,1-3H3/t19-/m0/s1. The second kappa shape index (κ2) is 9.18. The van der Waals surface area contributed by atoms with Crippen LogP contribution < -0.4 is 0 Å². The van der Waals surface area contributed by atoms with Crippen molar-refractivity contribution >= 4 is 5.91 Å². The number of carbonyl (C=O) groups excluding carboxylic acids is 1. The summed E-state index contributed by atoms with van der Waals surface area (Å²) >= 11 is 0. The lowest BCUT2D eigenvalue weighted by Crippen LogP contribution is -2.52. The van der Waals surface area contributed by atoms with Crippen LogP contribution in [0.4, 0.5) is 0 Å². The van der Waals surface area contributed by atoms with Gasteiger partial charge in [0.1, 0.15) is 0 Å². The summed E-state index contributed by atoms with van der Waals surface area (Å²) < 4.78 is 5.20. The van der Waals surface area contributed by atoms with E-state index in [0.29, 0.717) is 11.8 Å². The quantitative estimate of drug-likeness (QED) is 0.733. The molecule has 27 heavy (non-hydrogen) atoms. The molecule has 2 aliphatic heterocycles. The monoisotopic (exact) mass is 373 g/mol. The van der Waals surface area contributed by atoms with Gasteiger partial charge in [0.2, 0.25) is 5.91 Å². The fourth-order valence-electron chi connectivity index (χ4n) is 4.70. The molecule has 0 unspecified atom stereocenters. The first-order valence-electron chi connectivity index (χ1n) is 10.3. The summed E-state index contributed by atoms with van der Waals surface area (Å²) in [5, 5.41) is 0. The smallest absolute Gasteiger partial charge is 0.233 e. The molecule has 5 nitrogen and oxygen atoms in total. The van der Waals surface area contributed by atoms with Gasteiger partial charge in [-0.2, -0.15) is 0 Å². The van der Waals surface area contributed by atoms with Gasteiger partial charge in [-0.05, 0) is 57.4 Å². The second-order valence-electron chi connectivity index (χ2n) is 8.39. The highest BCUT2D eigenvalue weighted by Gasteiger charge is 2.44. The summed E-state index contributed by atoms with van der Waals surface area (Å²) in [4.78, 5) is 20.4. The highest BCUT2D eigenvalue weighted by molar-refractivity contribution is 5.88. The molecule has 5 heteroatoms. The van der Waals surface area contributed by atoms with Crippen LogP contribution >= 0.6 is 0 Å². The summed E-state index contributed by atoms with van der Waals surface area (Å²) in [6.45, 7) is 6.77. The van der Waals surface area contributed by atoms with Crippen molar-refractivity contribution in [1.82, 2.24) is 14.7 Å². The Kier molecular flexibility index (Phi) is 6.90. The molecule has 1 atom stereocenters. The number of carbonyl (C=O) groups is 1. The number of hydrogen-bond donors (Lipinski definition) is 0. The number of methoxy groups -OCH3 is 1. The van der Waals surface area contributed by atoms with Gasteiger partial charge in [-0.25, -0.2) is 0 Å². The first-order valence-corrected chi connectivity index (χ1v) is 10.3. The predicted molar refractivity (Wildman–Crippen MR) is 109 cm³/mol. The van der Waals surface area contributed by atoms with E-state index in [2.05, 4.69) is 41.1 Å². The zero-order valence-corrected chi connectivity index (χ0v) is 17.2. The van der Waals surface area contributed by atoms with Crippen molar-refractivity contribution in [1.29, 1.82) is 0 Å². The Balaban J connectivity index is 1.67. The summed E-state index contributed by atoms with van der Waals surface area (Å²) in [6.07, 6.45) is 2.98. The van der Waals surface area contributed by atoms with Crippen LogP contribution in [0.25, 0.3) is 0 Å². The minimum Gasteiger partial charge on any atom is -0.383 e. The molecule has 0 aromatic heterocycles. The minimum atomic E-state index is -0.364. The molecule has 2 fully saturated rings. The lowest BCUT2D eigenvalue weighted by atomic mass is 9.71. The lowest BCUT2D eigenvalue weighted by molar-refractivity contribution is -0.138. The van der Waals surface area contributed by atoms with Crippen molar-refractivity contribution in [3.8, 4) is 0 Å². The molecular weight excluding hydrogens is 338 g/mol. The van der Waals surface area contributed by atoms with E-state index in [1.807, 2.05) is 18.0 Å². The van der Waals surface area contributed by atoms with Crippen molar-refractivity contribution in [2.75, 3.05) is 67.1 Å². The SMILES string of the molecule is COCCN1CC[C@@H](CN(C)C(=O)C2(c3ccccc3)CCN(C)CC2)C1. The molecule has 2 heterocycles. The maximum atomic E-state index is 13.6. The average molecular weight is 374 g/mol. The molecule has 0 radical (unpaired) electrons. The molecule has 0 bridgehead atoms. The van der Waals surface area contributed by atoms with Gasteiger partial charge in [-0.3, -0.25) is 4.79 Å². The molecule has 0 saturated carbocycles.